The fourth-order valence-corrected chi connectivity index (χ4v) is 2.91. The number of piperidine rings is 1. The fourth-order valence-electron chi connectivity index (χ4n) is 2.91. The summed E-state index contributed by atoms with van der Waals surface area (Å²) in [4.78, 5) is 14.7. The van der Waals surface area contributed by atoms with E-state index < -0.39 is 0 Å². The minimum Gasteiger partial charge on any atom is -0.464 e. The van der Waals surface area contributed by atoms with Crippen molar-refractivity contribution in [3.8, 4) is 0 Å². The molecule has 0 radical (unpaired) electrons. The van der Waals surface area contributed by atoms with Crippen LogP contribution in [0.2, 0.25) is 0 Å². The van der Waals surface area contributed by atoms with Crippen LogP contribution in [-0.2, 0) is 0 Å². The lowest BCUT2D eigenvalue weighted by Crippen LogP contribution is -2.37. The van der Waals surface area contributed by atoms with Crippen molar-refractivity contribution in [3.63, 3.8) is 0 Å². The SMILES string of the molecule is CC1CCCN(CC(=O)c2coc3ccccc23)C1. The molecule has 1 unspecified atom stereocenters. The Morgan fingerprint density at radius 1 is 1.42 bits per heavy atom. The van der Waals surface area contributed by atoms with Crippen molar-refractivity contribution in [1.82, 2.24) is 4.90 Å². The lowest BCUT2D eigenvalue weighted by atomic mass is 9.99. The number of benzene rings is 1. The van der Waals surface area contributed by atoms with Crippen molar-refractivity contribution in [2.45, 2.75) is 19.8 Å². The highest BCUT2D eigenvalue weighted by atomic mass is 16.3. The maximum absolute atomic E-state index is 12.4. The van der Waals surface area contributed by atoms with Crippen molar-refractivity contribution < 1.29 is 9.21 Å². The van der Waals surface area contributed by atoms with Gasteiger partial charge in [0.05, 0.1) is 12.1 Å². The minimum absolute atomic E-state index is 0.166. The van der Waals surface area contributed by atoms with Crippen LogP contribution in [0.25, 0.3) is 11.0 Å². The number of furan rings is 1. The van der Waals surface area contributed by atoms with Crippen molar-refractivity contribution in [2.75, 3.05) is 19.6 Å². The monoisotopic (exact) mass is 257 g/mol. The van der Waals surface area contributed by atoms with Crippen LogP contribution in [-0.4, -0.2) is 30.3 Å². The highest BCUT2D eigenvalue weighted by Crippen LogP contribution is 2.22. The maximum Gasteiger partial charge on any atom is 0.180 e. The van der Waals surface area contributed by atoms with Crippen LogP contribution in [0.1, 0.15) is 30.1 Å². The molecule has 1 aliphatic heterocycles. The van der Waals surface area contributed by atoms with E-state index in [1.54, 1.807) is 6.26 Å². The molecule has 100 valence electrons. The van der Waals surface area contributed by atoms with Crippen LogP contribution in [0, 0.1) is 5.92 Å². The Bertz CT molecular complexity index is 587. The first-order valence-electron chi connectivity index (χ1n) is 6.96. The van der Waals surface area contributed by atoms with Gasteiger partial charge in [-0.25, -0.2) is 0 Å². The Morgan fingerprint density at radius 3 is 3.11 bits per heavy atom. The van der Waals surface area contributed by atoms with Crippen molar-refractivity contribution in [2.24, 2.45) is 5.92 Å². The van der Waals surface area contributed by atoms with E-state index in [1.165, 1.54) is 12.8 Å². The topological polar surface area (TPSA) is 33.5 Å². The molecule has 0 N–H and O–H groups in total. The molecule has 1 saturated heterocycles. The van der Waals surface area contributed by atoms with Crippen LogP contribution in [0.15, 0.2) is 34.9 Å². The zero-order valence-corrected chi connectivity index (χ0v) is 11.3. The molecule has 0 amide bonds. The van der Waals surface area contributed by atoms with Gasteiger partial charge in [0.2, 0.25) is 0 Å². The van der Waals surface area contributed by atoms with Crippen LogP contribution in [0.4, 0.5) is 0 Å². The van der Waals surface area contributed by atoms with Crippen LogP contribution in [0.5, 0.6) is 0 Å². The molecular formula is C16H19NO2. The van der Waals surface area contributed by atoms with E-state index in [9.17, 15) is 4.79 Å². The summed E-state index contributed by atoms with van der Waals surface area (Å²) >= 11 is 0. The van der Waals surface area contributed by atoms with E-state index in [2.05, 4.69) is 11.8 Å². The smallest absolute Gasteiger partial charge is 0.180 e. The van der Waals surface area contributed by atoms with Gasteiger partial charge >= 0.3 is 0 Å². The zero-order valence-electron chi connectivity index (χ0n) is 11.3. The largest absolute Gasteiger partial charge is 0.464 e. The standard InChI is InChI=1S/C16H19NO2/c1-12-5-4-8-17(9-12)10-15(18)14-11-19-16-7-3-2-6-13(14)16/h2-3,6-7,11-12H,4-5,8-10H2,1H3. The Hall–Kier alpha value is -1.61. The van der Waals surface area contributed by atoms with Gasteiger partial charge in [-0.15, -0.1) is 0 Å². The summed E-state index contributed by atoms with van der Waals surface area (Å²) in [7, 11) is 0. The number of carbonyl (C=O) groups is 1. The molecule has 2 aromatic rings. The quantitative estimate of drug-likeness (QED) is 0.791. The first-order valence-corrected chi connectivity index (χ1v) is 6.96. The van der Waals surface area contributed by atoms with Crippen molar-refractivity contribution >= 4 is 16.8 Å². The van der Waals surface area contributed by atoms with Crippen LogP contribution < -0.4 is 0 Å². The summed E-state index contributed by atoms with van der Waals surface area (Å²) in [5.41, 5.74) is 1.51. The molecule has 19 heavy (non-hydrogen) atoms. The highest BCUT2D eigenvalue weighted by Gasteiger charge is 2.21. The van der Waals surface area contributed by atoms with Gasteiger partial charge in [-0.2, -0.15) is 0 Å². The molecule has 0 bridgehead atoms. The van der Waals surface area contributed by atoms with E-state index in [0.29, 0.717) is 18.0 Å². The summed E-state index contributed by atoms with van der Waals surface area (Å²) in [6.45, 7) is 4.82. The molecule has 2 heterocycles. The van der Waals surface area contributed by atoms with Gasteiger partial charge < -0.3 is 4.42 Å². The molecule has 1 aromatic carbocycles. The number of para-hydroxylation sites is 1. The van der Waals surface area contributed by atoms with E-state index in [4.69, 9.17) is 4.42 Å². The Balaban J connectivity index is 1.76. The normalized spacial score (nSPS) is 20.8. The maximum atomic E-state index is 12.4. The third kappa shape index (κ3) is 2.56. The average molecular weight is 257 g/mol. The van der Waals surface area contributed by atoms with Crippen LogP contribution in [0.3, 0.4) is 0 Å². The third-order valence-electron chi connectivity index (χ3n) is 3.89. The van der Waals surface area contributed by atoms with Gasteiger partial charge in [0.25, 0.3) is 0 Å². The lowest BCUT2D eigenvalue weighted by Gasteiger charge is -2.30. The molecule has 1 fully saturated rings. The number of carbonyl (C=O) groups excluding carboxylic acids is 1. The zero-order chi connectivity index (χ0) is 13.2. The van der Waals surface area contributed by atoms with Gasteiger partial charge in [-0.1, -0.05) is 25.1 Å². The fraction of sp³-hybridized carbons (Fsp3) is 0.438. The van der Waals surface area contributed by atoms with Crippen molar-refractivity contribution in [1.29, 1.82) is 0 Å². The Kier molecular flexibility index (Phi) is 3.38. The van der Waals surface area contributed by atoms with Gasteiger partial charge in [0.15, 0.2) is 5.78 Å². The second-order valence-corrected chi connectivity index (χ2v) is 5.55. The minimum atomic E-state index is 0.166. The number of likely N-dealkylation sites (tertiary alicyclic amines) is 1. The van der Waals surface area contributed by atoms with Crippen LogP contribution >= 0.6 is 0 Å². The van der Waals surface area contributed by atoms with E-state index in [0.717, 1.165) is 24.1 Å². The predicted molar refractivity (Wildman–Crippen MR) is 75.4 cm³/mol. The molecule has 3 nitrogen and oxygen atoms in total. The number of ketones is 1. The number of hydrogen-bond donors (Lipinski definition) is 0. The van der Waals surface area contributed by atoms with Gasteiger partial charge in [0, 0.05) is 11.9 Å². The third-order valence-corrected chi connectivity index (χ3v) is 3.89. The molecule has 3 heteroatoms. The summed E-state index contributed by atoms with van der Waals surface area (Å²) in [6, 6.07) is 7.71. The molecule has 3 rings (SSSR count). The molecule has 0 saturated carbocycles. The first kappa shape index (κ1) is 12.4. The lowest BCUT2D eigenvalue weighted by molar-refractivity contribution is 0.0894. The number of rotatable bonds is 3. The summed E-state index contributed by atoms with van der Waals surface area (Å²) < 4.78 is 5.44. The van der Waals surface area contributed by atoms with Gasteiger partial charge in [-0.3, -0.25) is 9.69 Å². The van der Waals surface area contributed by atoms with Crippen molar-refractivity contribution in [3.05, 3.63) is 36.1 Å². The number of Topliss-reactive ketones (excluding diaryl/α,β-unsaturated/α-hetero) is 1. The molecule has 1 aliphatic rings. The molecular weight excluding hydrogens is 238 g/mol. The predicted octanol–water partition coefficient (Wildman–Crippen LogP) is 3.35. The molecule has 1 aromatic heterocycles. The van der Waals surface area contributed by atoms with E-state index in [-0.39, 0.29) is 5.78 Å². The summed E-state index contributed by atoms with van der Waals surface area (Å²) in [5, 5.41) is 0.928. The molecule has 1 atom stereocenters. The number of fused-ring (bicyclic) bond motifs is 1. The molecule has 0 aliphatic carbocycles. The molecule has 0 spiro atoms. The second kappa shape index (κ2) is 5.17. The Labute approximate surface area is 113 Å². The first-order chi connectivity index (χ1) is 9.24. The number of hydrogen-bond acceptors (Lipinski definition) is 3. The van der Waals surface area contributed by atoms with E-state index in [1.807, 2.05) is 24.3 Å². The average Bonchev–Trinajstić information content (AvgIpc) is 2.82. The highest BCUT2D eigenvalue weighted by molar-refractivity contribution is 6.08. The number of nitrogens with zero attached hydrogens (tertiary/aromatic N) is 1. The second-order valence-electron chi connectivity index (χ2n) is 5.55. The van der Waals surface area contributed by atoms with Gasteiger partial charge in [0.1, 0.15) is 11.8 Å². The van der Waals surface area contributed by atoms with Gasteiger partial charge in [-0.05, 0) is 31.4 Å². The Morgan fingerprint density at radius 2 is 2.26 bits per heavy atom. The summed E-state index contributed by atoms with van der Waals surface area (Å²) in [6.07, 6.45) is 4.07. The summed E-state index contributed by atoms with van der Waals surface area (Å²) in [5.74, 6) is 0.863. The van der Waals surface area contributed by atoms with E-state index >= 15 is 0 Å².